The van der Waals surface area contributed by atoms with E-state index >= 15 is 0 Å². The van der Waals surface area contributed by atoms with Crippen LogP contribution in [-0.4, -0.2) is 39.0 Å². The zero-order valence-corrected chi connectivity index (χ0v) is 13.9. The highest BCUT2D eigenvalue weighted by molar-refractivity contribution is 9.10. The van der Waals surface area contributed by atoms with E-state index in [-0.39, 0.29) is 0 Å². The van der Waals surface area contributed by atoms with Gasteiger partial charge >= 0.3 is 0 Å². The van der Waals surface area contributed by atoms with Crippen LogP contribution in [0.5, 0.6) is 0 Å². The minimum absolute atomic E-state index is 0.302. The maximum Gasteiger partial charge on any atom is 0.244 e. The number of nitrogens with zero attached hydrogens (tertiary/aromatic N) is 1. The standard InChI is InChI=1S/C13H20BrNO3S/c1-4-15(8-9-18-5-2)19(16,17)13-7-6-11(3)10-12(13)14/h6-7,10H,4-5,8-9H2,1-3H3. The van der Waals surface area contributed by atoms with Gasteiger partial charge in [0.05, 0.1) is 11.5 Å². The fraction of sp³-hybridized carbons (Fsp3) is 0.538. The summed E-state index contributed by atoms with van der Waals surface area (Å²) in [6.07, 6.45) is 0. The molecule has 0 saturated heterocycles. The van der Waals surface area contributed by atoms with Crippen molar-refractivity contribution in [1.82, 2.24) is 4.31 Å². The molecule has 0 atom stereocenters. The first-order valence-corrected chi connectivity index (χ1v) is 8.50. The van der Waals surface area contributed by atoms with Crippen molar-refractivity contribution >= 4 is 26.0 Å². The number of hydrogen-bond donors (Lipinski definition) is 0. The molecule has 108 valence electrons. The van der Waals surface area contributed by atoms with Crippen LogP contribution >= 0.6 is 15.9 Å². The molecule has 0 unspecified atom stereocenters. The monoisotopic (exact) mass is 349 g/mol. The molecule has 1 aromatic carbocycles. The minimum atomic E-state index is -3.47. The Morgan fingerprint density at radius 2 is 2.00 bits per heavy atom. The zero-order valence-electron chi connectivity index (χ0n) is 11.5. The summed E-state index contributed by atoms with van der Waals surface area (Å²) >= 11 is 3.33. The Morgan fingerprint density at radius 3 is 2.53 bits per heavy atom. The average Bonchev–Trinajstić information content (AvgIpc) is 2.33. The lowest BCUT2D eigenvalue weighted by Gasteiger charge is -2.21. The first kappa shape index (κ1) is 16.6. The molecule has 6 heteroatoms. The SMILES string of the molecule is CCOCCN(CC)S(=O)(=O)c1ccc(C)cc1Br. The Morgan fingerprint density at radius 1 is 1.32 bits per heavy atom. The Labute approximate surface area is 123 Å². The third-order valence-corrected chi connectivity index (χ3v) is 5.70. The first-order valence-electron chi connectivity index (χ1n) is 6.27. The molecular formula is C13H20BrNO3S. The largest absolute Gasteiger partial charge is 0.380 e. The number of benzene rings is 1. The number of hydrogen-bond acceptors (Lipinski definition) is 3. The number of aryl methyl sites for hydroxylation is 1. The molecule has 19 heavy (non-hydrogen) atoms. The van der Waals surface area contributed by atoms with Crippen molar-refractivity contribution < 1.29 is 13.2 Å². The summed E-state index contributed by atoms with van der Waals surface area (Å²) in [5.74, 6) is 0. The molecule has 0 fully saturated rings. The highest BCUT2D eigenvalue weighted by Gasteiger charge is 2.24. The van der Waals surface area contributed by atoms with Gasteiger partial charge in [0.2, 0.25) is 10.0 Å². The van der Waals surface area contributed by atoms with Crippen LogP contribution < -0.4 is 0 Å². The lowest BCUT2D eigenvalue weighted by atomic mass is 10.2. The van der Waals surface area contributed by atoms with E-state index in [1.54, 1.807) is 12.1 Å². The number of likely N-dealkylation sites (N-methyl/N-ethyl adjacent to an activating group) is 1. The fourth-order valence-corrected chi connectivity index (χ4v) is 4.30. The maximum absolute atomic E-state index is 12.5. The molecule has 0 saturated carbocycles. The zero-order chi connectivity index (χ0) is 14.5. The molecule has 0 radical (unpaired) electrons. The lowest BCUT2D eigenvalue weighted by molar-refractivity contribution is 0.135. The van der Waals surface area contributed by atoms with Gasteiger partial charge in [-0.2, -0.15) is 4.31 Å². The Kier molecular flexibility index (Phi) is 6.46. The van der Waals surface area contributed by atoms with E-state index in [1.807, 2.05) is 26.8 Å². The number of rotatable bonds is 7. The quantitative estimate of drug-likeness (QED) is 0.711. The summed E-state index contributed by atoms with van der Waals surface area (Å²) in [6, 6.07) is 5.25. The molecule has 0 aliphatic heterocycles. The Hall–Kier alpha value is -0.430. The molecule has 0 N–H and O–H groups in total. The third kappa shape index (κ3) is 4.27. The van der Waals surface area contributed by atoms with Crippen molar-refractivity contribution in [2.45, 2.75) is 25.7 Å². The van der Waals surface area contributed by atoms with E-state index in [1.165, 1.54) is 4.31 Å². The van der Waals surface area contributed by atoms with E-state index in [9.17, 15) is 8.42 Å². The van der Waals surface area contributed by atoms with Gasteiger partial charge in [-0.15, -0.1) is 0 Å². The van der Waals surface area contributed by atoms with Gasteiger partial charge in [0.25, 0.3) is 0 Å². The lowest BCUT2D eigenvalue weighted by Crippen LogP contribution is -2.34. The van der Waals surface area contributed by atoms with E-state index in [0.29, 0.717) is 35.7 Å². The van der Waals surface area contributed by atoms with Crippen molar-refractivity contribution in [2.24, 2.45) is 0 Å². The summed E-state index contributed by atoms with van der Waals surface area (Å²) in [7, 11) is -3.47. The Balaban J connectivity index is 2.99. The van der Waals surface area contributed by atoms with Crippen molar-refractivity contribution in [3.8, 4) is 0 Å². The van der Waals surface area contributed by atoms with Gasteiger partial charge in [0.15, 0.2) is 0 Å². The minimum Gasteiger partial charge on any atom is -0.380 e. The second-order valence-electron chi connectivity index (χ2n) is 4.13. The average molecular weight is 350 g/mol. The molecule has 0 aromatic heterocycles. The summed E-state index contributed by atoms with van der Waals surface area (Å²) < 4.78 is 32.3. The van der Waals surface area contributed by atoms with Gasteiger partial charge in [-0.1, -0.05) is 13.0 Å². The topological polar surface area (TPSA) is 46.6 Å². The maximum atomic E-state index is 12.5. The molecule has 0 amide bonds. The van der Waals surface area contributed by atoms with Gasteiger partial charge in [-0.05, 0) is 47.5 Å². The van der Waals surface area contributed by atoms with Gasteiger partial charge in [0, 0.05) is 24.2 Å². The first-order chi connectivity index (χ1) is 8.93. The smallest absolute Gasteiger partial charge is 0.244 e. The molecule has 0 bridgehead atoms. The van der Waals surface area contributed by atoms with Gasteiger partial charge in [0.1, 0.15) is 0 Å². The summed E-state index contributed by atoms with van der Waals surface area (Å²) in [6.45, 7) is 7.43. The van der Waals surface area contributed by atoms with E-state index in [2.05, 4.69) is 15.9 Å². The third-order valence-electron chi connectivity index (χ3n) is 2.75. The van der Waals surface area contributed by atoms with Gasteiger partial charge in [-0.3, -0.25) is 0 Å². The van der Waals surface area contributed by atoms with Gasteiger partial charge < -0.3 is 4.74 Å². The second-order valence-corrected chi connectivity index (χ2v) is 6.89. The molecular weight excluding hydrogens is 330 g/mol. The number of halogens is 1. The second kappa shape index (κ2) is 7.38. The van der Waals surface area contributed by atoms with Crippen molar-refractivity contribution in [3.63, 3.8) is 0 Å². The van der Waals surface area contributed by atoms with Crippen LogP contribution in [-0.2, 0) is 14.8 Å². The van der Waals surface area contributed by atoms with Crippen LogP contribution in [0.25, 0.3) is 0 Å². The van der Waals surface area contributed by atoms with Crippen LogP contribution in [0.15, 0.2) is 27.6 Å². The number of ether oxygens (including phenoxy) is 1. The van der Waals surface area contributed by atoms with Crippen LogP contribution in [0.4, 0.5) is 0 Å². The van der Waals surface area contributed by atoms with E-state index < -0.39 is 10.0 Å². The molecule has 0 aliphatic carbocycles. The molecule has 1 rings (SSSR count). The van der Waals surface area contributed by atoms with Gasteiger partial charge in [-0.25, -0.2) is 8.42 Å². The van der Waals surface area contributed by atoms with Crippen molar-refractivity contribution in [1.29, 1.82) is 0 Å². The van der Waals surface area contributed by atoms with E-state index in [4.69, 9.17) is 4.74 Å². The predicted octanol–water partition coefficient (Wildman–Crippen LogP) is 2.80. The number of sulfonamides is 1. The predicted molar refractivity (Wildman–Crippen MR) is 79.8 cm³/mol. The normalized spacial score (nSPS) is 12.1. The molecule has 4 nitrogen and oxygen atoms in total. The Bertz CT molecular complexity index is 517. The summed E-state index contributed by atoms with van der Waals surface area (Å²) in [5.41, 5.74) is 1.02. The van der Waals surface area contributed by atoms with E-state index in [0.717, 1.165) is 5.56 Å². The van der Waals surface area contributed by atoms with Crippen molar-refractivity contribution in [2.75, 3.05) is 26.3 Å². The molecule has 0 aliphatic rings. The van der Waals surface area contributed by atoms with Crippen LogP contribution in [0.3, 0.4) is 0 Å². The highest BCUT2D eigenvalue weighted by atomic mass is 79.9. The van der Waals surface area contributed by atoms with Crippen molar-refractivity contribution in [3.05, 3.63) is 28.2 Å². The molecule has 1 aromatic rings. The highest BCUT2D eigenvalue weighted by Crippen LogP contribution is 2.25. The van der Waals surface area contributed by atoms with Crippen LogP contribution in [0, 0.1) is 6.92 Å². The fourth-order valence-electron chi connectivity index (χ4n) is 1.71. The van der Waals surface area contributed by atoms with Crippen LogP contribution in [0.1, 0.15) is 19.4 Å². The molecule has 0 spiro atoms. The summed E-state index contributed by atoms with van der Waals surface area (Å²) in [5, 5.41) is 0. The summed E-state index contributed by atoms with van der Waals surface area (Å²) in [4.78, 5) is 0.302. The molecule has 0 heterocycles. The van der Waals surface area contributed by atoms with Crippen LogP contribution in [0.2, 0.25) is 0 Å².